The minimum absolute atomic E-state index is 0.281. The molecule has 0 aromatic heterocycles. The van der Waals surface area contributed by atoms with Gasteiger partial charge in [0.05, 0.1) is 38.4 Å². The van der Waals surface area contributed by atoms with E-state index in [1.54, 1.807) is 7.11 Å². The summed E-state index contributed by atoms with van der Waals surface area (Å²) < 4.78 is 10.1. The molecule has 0 amide bonds. The van der Waals surface area contributed by atoms with Gasteiger partial charge in [0, 0.05) is 19.3 Å². The molecule has 0 spiro atoms. The molecule has 1 rings (SSSR count). The van der Waals surface area contributed by atoms with Crippen LogP contribution in [0.1, 0.15) is 5.56 Å². The third-order valence-electron chi connectivity index (χ3n) is 2.52. The predicted octanol–water partition coefficient (Wildman–Crippen LogP) is 1.19. The fourth-order valence-electron chi connectivity index (χ4n) is 1.49. The summed E-state index contributed by atoms with van der Waals surface area (Å²) in [5, 5.41) is 21.4. The first-order valence-corrected chi connectivity index (χ1v) is 6.20. The number of nitrogens with zero attached hydrogens (tertiary/aromatic N) is 1. The van der Waals surface area contributed by atoms with Gasteiger partial charge in [-0.25, -0.2) is 0 Å². The Kier molecular flexibility index (Phi) is 7.59. The van der Waals surface area contributed by atoms with E-state index in [1.807, 2.05) is 24.3 Å². The van der Waals surface area contributed by atoms with Gasteiger partial charge >= 0.3 is 0 Å². The molecule has 0 saturated heterocycles. The molecule has 0 bridgehead atoms. The SMILES string of the molecule is COCCOCC(O)CNc1ccc(CC#N)cc1. The third kappa shape index (κ3) is 6.77. The number of benzene rings is 1. The number of rotatable bonds is 9. The van der Waals surface area contributed by atoms with Crippen LogP contribution in [0, 0.1) is 11.3 Å². The number of hydrogen-bond acceptors (Lipinski definition) is 5. The molecule has 0 aliphatic heterocycles. The maximum atomic E-state index is 9.68. The molecule has 0 heterocycles. The highest BCUT2D eigenvalue weighted by Gasteiger charge is 2.04. The van der Waals surface area contributed by atoms with Crippen molar-refractivity contribution in [2.75, 3.05) is 38.8 Å². The second kappa shape index (κ2) is 9.34. The molecule has 5 nitrogen and oxygen atoms in total. The smallest absolute Gasteiger partial charge is 0.0945 e. The van der Waals surface area contributed by atoms with Gasteiger partial charge in [-0.15, -0.1) is 0 Å². The van der Waals surface area contributed by atoms with Crippen LogP contribution in [-0.2, 0) is 15.9 Å². The van der Waals surface area contributed by atoms with E-state index in [2.05, 4.69) is 11.4 Å². The van der Waals surface area contributed by atoms with E-state index in [0.29, 0.717) is 26.2 Å². The van der Waals surface area contributed by atoms with Crippen molar-refractivity contribution >= 4 is 5.69 Å². The first-order valence-electron chi connectivity index (χ1n) is 6.20. The Bertz CT molecular complexity index is 387. The third-order valence-corrected chi connectivity index (χ3v) is 2.52. The van der Waals surface area contributed by atoms with Crippen LogP contribution >= 0.6 is 0 Å². The lowest BCUT2D eigenvalue weighted by molar-refractivity contribution is 0.0182. The van der Waals surface area contributed by atoms with Crippen LogP contribution in [-0.4, -0.2) is 44.7 Å². The quantitative estimate of drug-likeness (QED) is 0.655. The van der Waals surface area contributed by atoms with Gasteiger partial charge in [0.25, 0.3) is 0 Å². The molecular formula is C14H20N2O3. The van der Waals surface area contributed by atoms with Crippen molar-refractivity contribution in [3.8, 4) is 6.07 Å². The van der Waals surface area contributed by atoms with Crippen LogP contribution < -0.4 is 5.32 Å². The lowest BCUT2D eigenvalue weighted by Gasteiger charge is -2.13. The Morgan fingerprint density at radius 1 is 1.32 bits per heavy atom. The average Bonchev–Trinajstić information content (AvgIpc) is 2.43. The van der Waals surface area contributed by atoms with Gasteiger partial charge in [0.15, 0.2) is 0 Å². The summed E-state index contributed by atoms with van der Waals surface area (Å²) in [6, 6.07) is 9.68. The molecule has 2 N–H and O–H groups in total. The normalized spacial score (nSPS) is 11.8. The first-order chi connectivity index (χ1) is 9.26. The Morgan fingerprint density at radius 2 is 2.05 bits per heavy atom. The maximum Gasteiger partial charge on any atom is 0.0945 e. The number of hydrogen-bond donors (Lipinski definition) is 2. The number of anilines is 1. The molecule has 0 aliphatic rings. The van der Waals surface area contributed by atoms with Gasteiger partial charge in [0.2, 0.25) is 0 Å². The summed E-state index contributed by atoms with van der Waals surface area (Å²) >= 11 is 0. The molecule has 0 saturated carbocycles. The highest BCUT2D eigenvalue weighted by Crippen LogP contribution is 2.09. The van der Waals surface area contributed by atoms with Crippen molar-refractivity contribution in [3.63, 3.8) is 0 Å². The summed E-state index contributed by atoms with van der Waals surface area (Å²) in [6.07, 6.45) is -0.147. The van der Waals surface area contributed by atoms with Crippen molar-refractivity contribution in [1.82, 2.24) is 0 Å². The number of methoxy groups -OCH3 is 1. The number of nitriles is 1. The van der Waals surface area contributed by atoms with Gasteiger partial charge in [-0.3, -0.25) is 0 Å². The predicted molar refractivity (Wildman–Crippen MR) is 73.0 cm³/mol. The number of ether oxygens (including phenoxy) is 2. The van der Waals surface area contributed by atoms with Crippen LogP contribution in [0.2, 0.25) is 0 Å². The molecule has 5 heteroatoms. The molecule has 0 radical (unpaired) electrons. The van der Waals surface area contributed by atoms with E-state index in [0.717, 1.165) is 11.3 Å². The number of nitrogens with one attached hydrogen (secondary N) is 1. The van der Waals surface area contributed by atoms with E-state index in [9.17, 15) is 5.11 Å². The maximum absolute atomic E-state index is 9.68. The van der Waals surface area contributed by atoms with Crippen molar-refractivity contribution in [2.45, 2.75) is 12.5 Å². The fraction of sp³-hybridized carbons (Fsp3) is 0.500. The highest BCUT2D eigenvalue weighted by atomic mass is 16.5. The Morgan fingerprint density at radius 3 is 2.68 bits per heavy atom. The van der Waals surface area contributed by atoms with Gasteiger partial charge in [-0.05, 0) is 17.7 Å². The van der Waals surface area contributed by atoms with E-state index in [4.69, 9.17) is 14.7 Å². The average molecular weight is 264 g/mol. The van der Waals surface area contributed by atoms with Crippen LogP contribution in [0.4, 0.5) is 5.69 Å². The van der Waals surface area contributed by atoms with E-state index in [-0.39, 0.29) is 6.61 Å². The second-order valence-corrected chi connectivity index (χ2v) is 4.13. The second-order valence-electron chi connectivity index (χ2n) is 4.13. The van der Waals surface area contributed by atoms with Crippen molar-refractivity contribution < 1.29 is 14.6 Å². The number of aliphatic hydroxyl groups is 1. The van der Waals surface area contributed by atoms with Gasteiger partial charge in [-0.2, -0.15) is 5.26 Å². The molecule has 0 fully saturated rings. The van der Waals surface area contributed by atoms with Crippen LogP contribution in [0.15, 0.2) is 24.3 Å². The Hall–Kier alpha value is -1.61. The zero-order valence-electron chi connectivity index (χ0n) is 11.1. The largest absolute Gasteiger partial charge is 0.389 e. The lowest BCUT2D eigenvalue weighted by Crippen LogP contribution is -2.25. The molecule has 1 aromatic carbocycles. The fourth-order valence-corrected chi connectivity index (χ4v) is 1.49. The molecule has 19 heavy (non-hydrogen) atoms. The molecular weight excluding hydrogens is 244 g/mol. The molecule has 104 valence electrons. The molecule has 1 atom stereocenters. The number of aliphatic hydroxyl groups excluding tert-OH is 1. The molecule has 0 aliphatic carbocycles. The zero-order chi connectivity index (χ0) is 13.9. The van der Waals surface area contributed by atoms with Crippen LogP contribution in [0.25, 0.3) is 0 Å². The summed E-state index contributed by atoms with van der Waals surface area (Å²) in [5.74, 6) is 0. The van der Waals surface area contributed by atoms with Crippen LogP contribution in [0.3, 0.4) is 0 Å². The minimum atomic E-state index is -0.560. The van der Waals surface area contributed by atoms with Crippen molar-refractivity contribution in [1.29, 1.82) is 5.26 Å². The minimum Gasteiger partial charge on any atom is -0.389 e. The Labute approximate surface area is 113 Å². The van der Waals surface area contributed by atoms with E-state index < -0.39 is 6.10 Å². The van der Waals surface area contributed by atoms with Gasteiger partial charge in [0.1, 0.15) is 0 Å². The van der Waals surface area contributed by atoms with Gasteiger partial charge in [-0.1, -0.05) is 12.1 Å². The van der Waals surface area contributed by atoms with Crippen molar-refractivity contribution in [3.05, 3.63) is 29.8 Å². The highest BCUT2D eigenvalue weighted by molar-refractivity contribution is 5.45. The van der Waals surface area contributed by atoms with E-state index >= 15 is 0 Å². The van der Waals surface area contributed by atoms with Crippen LogP contribution in [0.5, 0.6) is 0 Å². The standard InChI is InChI=1S/C14H20N2O3/c1-18-8-9-19-11-14(17)10-16-13-4-2-12(3-5-13)6-7-15/h2-5,14,16-17H,6,8-11H2,1H3. The zero-order valence-corrected chi connectivity index (χ0v) is 11.1. The summed E-state index contributed by atoms with van der Waals surface area (Å²) in [6.45, 7) is 1.71. The topological polar surface area (TPSA) is 74.5 Å². The lowest BCUT2D eigenvalue weighted by atomic mass is 10.1. The first kappa shape index (κ1) is 15.4. The summed E-state index contributed by atoms with van der Waals surface area (Å²) in [4.78, 5) is 0. The molecule has 1 unspecified atom stereocenters. The van der Waals surface area contributed by atoms with Crippen molar-refractivity contribution in [2.24, 2.45) is 0 Å². The molecule has 1 aromatic rings. The summed E-state index contributed by atoms with van der Waals surface area (Å²) in [7, 11) is 1.61. The van der Waals surface area contributed by atoms with E-state index in [1.165, 1.54) is 0 Å². The van der Waals surface area contributed by atoms with Gasteiger partial charge < -0.3 is 19.9 Å². The Balaban J connectivity index is 2.22. The summed E-state index contributed by atoms with van der Waals surface area (Å²) in [5.41, 5.74) is 1.90. The monoisotopic (exact) mass is 264 g/mol.